The fourth-order valence-corrected chi connectivity index (χ4v) is 5.96. The fourth-order valence-electron chi connectivity index (χ4n) is 3.98. The number of rotatable bonds is 6. The minimum absolute atomic E-state index is 0.00536. The second-order valence-electron chi connectivity index (χ2n) is 7.73. The SMILES string of the molecule is CCCCc1ccc(CC(=O)NC2CCOC3(CCS(=O)(=O)C3)C2)cc1. The van der Waals surface area contributed by atoms with E-state index in [0.29, 0.717) is 25.9 Å². The van der Waals surface area contributed by atoms with Crippen LogP contribution >= 0.6 is 0 Å². The lowest BCUT2D eigenvalue weighted by atomic mass is 9.90. The molecule has 144 valence electrons. The first-order chi connectivity index (χ1) is 12.4. The molecule has 2 heterocycles. The Balaban J connectivity index is 1.51. The second kappa shape index (κ2) is 8.09. The summed E-state index contributed by atoms with van der Waals surface area (Å²) in [6.07, 6.45) is 5.67. The molecule has 2 atom stereocenters. The van der Waals surface area contributed by atoms with E-state index in [1.54, 1.807) is 0 Å². The molecule has 0 aliphatic carbocycles. The summed E-state index contributed by atoms with van der Waals surface area (Å²) in [6.45, 7) is 2.69. The van der Waals surface area contributed by atoms with Gasteiger partial charge in [-0.2, -0.15) is 0 Å². The highest BCUT2D eigenvalue weighted by Gasteiger charge is 2.46. The molecule has 2 aliphatic rings. The van der Waals surface area contributed by atoms with Gasteiger partial charge in [0.1, 0.15) is 0 Å². The summed E-state index contributed by atoms with van der Waals surface area (Å²) in [5.74, 6) is 0.276. The number of hydrogen-bond acceptors (Lipinski definition) is 4. The van der Waals surface area contributed by atoms with E-state index in [0.717, 1.165) is 18.4 Å². The Morgan fingerprint density at radius 1 is 1.27 bits per heavy atom. The average Bonchev–Trinajstić information content (AvgIpc) is 2.88. The van der Waals surface area contributed by atoms with Crippen LogP contribution in [0.4, 0.5) is 0 Å². The van der Waals surface area contributed by atoms with Gasteiger partial charge in [0.2, 0.25) is 5.91 Å². The van der Waals surface area contributed by atoms with Crippen LogP contribution in [0.25, 0.3) is 0 Å². The van der Waals surface area contributed by atoms with Gasteiger partial charge in [0.25, 0.3) is 0 Å². The summed E-state index contributed by atoms with van der Waals surface area (Å²) >= 11 is 0. The van der Waals surface area contributed by atoms with Crippen molar-refractivity contribution in [2.75, 3.05) is 18.1 Å². The molecular formula is C20H29NO4S. The summed E-state index contributed by atoms with van der Waals surface area (Å²) < 4.78 is 29.4. The Morgan fingerprint density at radius 2 is 2.00 bits per heavy atom. The highest BCUT2D eigenvalue weighted by Crippen LogP contribution is 2.35. The number of ether oxygens (including phenoxy) is 1. The molecule has 0 saturated carbocycles. The molecule has 3 rings (SSSR count). The molecule has 1 aromatic carbocycles. The number of sulfone groups is 1. The summed E-state index contributed by atoms with van der Waals surface area (Å²) in [7, 11) is -3.00. The first-order valence-electron chi connectivity index (χ1n) is 9.61. The Hall–Kier alpha value is -1.40. The van der Waals surface area contributed by atoms with Crippen molar-refractivity contribution in [3.63, 3.8) is 0 Å². The summed E-state index contributed by atoms with van der Waals surface area (Å²) in [6, 6.07) is 8.25. The Bertz CT molecular complexity index is 729. The lowest BCUT2D eigenvalue weighted by Gasteiger charge is -2.37. The molecule has 2 aliphatic heterocycles. The number of nitrogens with one attached hydrogen (secondary N) is 1. The smallest absolute Gasteiger partial charge is 0.224 e. The first kappa shape index (κ1) is 19.4. The Kier molecular flexibility index (Phi) is 6.03. The van der Waals surface area contributed by atoms with Gasteiger partial charge in [0.15, 0.2) is 9.84 Å². The van der Waals surface area contributed by atoms with Crippen molar-refractivity contribution in [3.05, 3.63) is 35.4 Å². The number of hydrogen-bond donors (Lipinski definition) is 1. The molecule has 2 saturated heterocycles. The average molecular weight is 380 g/mol. The maximum Gasteiger partial charge on any atom is 0.224 e. The molecule has 0 aromatic heterocycles. The third-order valence-corrected chi connectivity index (χ3v) is 7.21. The van der Waals surface area contributed by atoms with Crippen molar-refractivity contribution in [3.8, 4) is 0 Å². The molecule has 1 aromatic rings. The number of unbranched alkanes of at least 4 members (excludes halogenated alkanes) is 1. The van der Waals surface area contributed by atoms with Crippen LogP contribution in [0, 0.1) is 0 Å². The van der Waals surface area contributed by atoms with Gasteiger partial charge < -0.3 is 10.1 Å². The topological polar surface area (TPSA) is 72.5 Å². The zero-order chi connectivity index (χ0) is 18.6. The zero-order valence-corrected chi connectivity index (χ0v) is 16.3. The van der Waals surface area contributed by atoms with E-state index < -0.39 is 15.4 Å². The van der Waals surface area contributed by atoms with Gasteiger partial charge >= 0.3 is 0 Å². The predicted octanol–water partition coefficient (Wildman–Crippen LogP) is 2.42. The molecule has 0 radical (unpaired) electrons. The van der Waals surface area contributed by atoms with Crippen LogP contribution in [0.15, 0.2) is 24.3 Å². The molecule has 1 amide bonds. The monoisotopic (exact) mass is 379 g/mol. The standard InChI is InChI=1S/C20H29NO4S/c1-2-3-4-16-5-7-17(8-6-16)13-19(22)21-18-9-11-25-20(14-18)10-12-26(23,24)15-20/h5-8,18H,2-4,9-15H2,1H3,(H,21,22). The van der Waals surface area contributed by atoms with Crippen molar-refractivity contribution in [1.82, 2.24) is 5.32 Å². The Morgan fingerprint density at radius 3 is 2.65 bits per heavy atom. The van der Waals surface area contributed by atoms with Gasteiger partial charge in [-0.25, -0.2) is 8.42 Å². The van der Waals surface area contributed by atoms with Crippen molar-refractivity contribution in [1.29, 1.82) is 0 Å². The molecule has 2 fully saturated rings. The number of benzene rings is 1. The normalized spacial score (nSPS) is 27.5. The van der Waals surface area contributed by atoms with Crippen molar-refractivity contribution in [2.45, 2.75) is 63.5 Å². The fraction of sp³-hybridized carbons (Fsp3) is 0.650. The molecule has 6 heteroatoms. The van der Waals surface area contributed by atoms with E-state index in [-0.39, 0.29) is 23.5 Å². The van der Waals surface area contributed by atoms with Crippen molar-refractivity contribution < 1.29 is 17.9 Å². The van der Waals surface area contributed by atoms with Crippen LogP contribution in [0.1, 0.15) is 50.2 Å². The lowest BCUT2D eigenvalue weighted by molar-refractivity contribution is -0.123. The lowest BCUT2D eigenvalue weighted by Crippen LogP contribution is -2.49. The van der Waals surface area contributed by atoms with E-state index in [9.17, 15) is 13.2 Å². The zero-order valence-electron chi connectivity index (χ0n) is 15.5. The van der Waals surface area contributed by atoms with Crippen molar-refractivity contribution in [2.24, 2.45) is 0 Å². The predicted molar refractivity (Wildman–Crippen MR) is 102 cm³/mol. The van der Waals surface area contributed by atoms with Gasteiger partial charge in [0.05, 0.1) is 23.5 Å². The van der Waals surface area contributed by atoms with Crippen LogP contribution in [0.3, 0.4) is 0 Å². The summed E-state index contributed by atoms with van der Waals surface area (Å²) in [4.78, 5) is 12.4. The van der Waals surface area contributed by atoms with Gasteiger partial charge in [-0.05, 0) is 43.2 Å². The highest BCUT2D eigenvalue weighted by atomic mass is 32.2. The second-order valence-corrected chi connectivity index (χ2v) is 9.91. The van der Waals surface area contributed by atoms with Gasteiger partial charge in [-0.15, -0.1) is 0 Å². The van der Waals surface area contributed by atoms with Gasteiger partial charge in [-0.3, -0.25) is 4.79 Å². The molecule has 1 spiro atoms. The maximum atomic E-state index is 12.4. The minimum Gasteiger partial charge on any atom is -0.374 e. The highest BCUT2D eigenvalue weighted by molar-refractivity contribution is 7.91. The van der Waals surface area contributed by atoms with Crippen LogP contribution in [0.2, 0.25) is 0 Å². The summed E-state index contributed by atoms with van der Waals surface area (Å²) in [5.41, 5.74) is 1.73. The van der Waals surface area contributed by atoms with Crippen molar-refractivity contribution >= 4 is 15.7 Å². The van der Waals surface area contributed by atoms with E-state index in [1.165, 1.54) is 18.4 Å². The molecular weight excluding hydrogens is 350 g/mol. The molecule has 26 heavy (non-hydrogen) atoms. The molecule has 5 nitrogen and oxygen atoms in total. The van der Waals surface area contributed by atoms with E-state index >= 15 is 0 Å². The van der Waals surface area contributed by atoms with E-state index in [4.69, 9.17) is 4.74 Å². The quantitative estimate of drug-likeness (QED) is 0.824. The molecule has 0 bridgehead atoms. The van der Waals surface area contributed by atoms with Crippen LogP contribution in [0.5, 0.6) is 0 Å². The summed E-state index contributed by atoms with van der Waals surface area (Å²) in [5, 5.41) is 3.08. The number of amides is 1. The minimum atomic E-state index is -3.00. The largest absolute Gasteiger partial charge is 0.374 e. The number of carbonyl (C=O) groups excluding carboxylic acids is 1. The third kappa shape index (κ3) is 5.07. The van der Waals surface area contributed by atoms with Gasteiger partial charge in [-0.1, -0.05) is 37.6 Å². The maximum absolute atomic E-state index is 12.4. The molecule has 2 unspecified atom stereocenters. The van der Waals surface area contributed by atoms with Crippen LogP contribution < -0.4 is 5.32 Å². The third-order valence-electron chi connectivity index (χ3n) is 5.42. The van der Waals surface area contributed by atoms with Crippen LogP contribution in [-0.4, -0.2) is 44.1 Å². The van der Waals surface area contributed by atoms with Gasteiger partial charge in [0, 0.05) is 12.6 Å². The number of aryl methyl sites for hydroxylation is 1. The molecule has 1 N–H and O–H groups in total. The Labute approximate surface area is 156 Å². The van der Waals surface area contributed by atoms with Crippen LogP contribution in [-0.2, 0) is 32.2 Å². The van der Waals surface area contributed by atoms with E-state index in [2.05, 4.69) is 24.4 Å². The van der Waals surface area contributed by atoms with E-state index in [1.807, 2.05) is 12.1 Å². The number of carbonyl (C=O) groups is 1. The first-order valence-corrected chi connectivity index (χ1v) is 11.4.